The van der Waals surface area contributed by atoms with Gasteiger partial charge in [-0.2, -0.15) is 0 Å². The molecule has 0 aliphatic carbocycles. The lowest BCUT2D eigenvalue weighted by molar-refractivity contribution is 1.07. The molecule has 3 aromatic rings. The van der Waals surface area contributed by atoms with Crippen molar-refractivity contribution in [1.29, 1.82) is 0 Å². The Kier molecular flexibility index (Phi) is 4.66. The van der Waals surface area contributed by atoms with Crippen LogP contribution in [0, 0.1) is 11.8 Å². The molecule has 1 heterocycles. The molecule has 2 aromatic carbocycles. The standard InChI is InChI=1S/C20H17N3/c1-2-16-10-12-17(13-11-16)7-5-6-14-21-20-18-8-3-4-9-19(18)22-15-23-20/h2-4,8-13,15H,1,6,14H2,(H,21,22,23). The first-order chi connectivity index (χ1) is 11.4. The molecule has 0 radical (unpaired) electrons. The topological polar surface area (TPSA) is 37.8 Å². The molecule has 3 nitrogen and oxygen atoms in total. The van der Waals surface area contributed by atoms with Gasteiger partial charge in [-0.05, 0) is 29.8 Å². The first-order valence-electron chi connectivity index (χ1n) is 7.52. The van der Waals surface area contributed by atoms with Gasteiger partial charge >= 0.3 is 0 Å². The maximum absolute atomic E-state index is 4.30. The Morgan fingerprint density at radius 3 is 2.70 bits per heavy atom. The fourth-order valence-corrected chi connectivity index (χ4v) is 2.26. The highest BCUT2D eigenvalue weighted by Gasteiger charge is 2.00. The summed E-state index contributed by atoms with van der Waals surface area (Å²) >= 11 is 0. The maximum Gasteiger partial charge on any atom is 0.137 e. The van der Waals surface area contributed by atoms with E-state index in [1.165, 1.54) is 0 Å². The van der Waals surface area contributed by atoms with Crippen LogP contribution in [-0.4, -0.2) is 16.5 Å². The largest absolute Gasteiger partial charge is 0.368 e. The highest BCUT2D eigenvalue weighted by Crippen LogP contribution is 2.17. The van der Waals surface area contributed by atoms with E-state index in [0.29, 0.717) is 0 Å². The maximum atomic E-state index is 4.30. The van der Waals surface area contributed by atoms with Gasteiger partial charge in [-0.3, -0.25) is 0 Å². The van der Waals surface area contributed by atoms with Gasteiger partial charge in [0.05, 0.1) is 5.52 Å². The molecule has 3 rings (SSSR count). The third-order valence-electron chi connectivity index (χ3n) is 3.46. The molecule has 0 saturated carbocycles. The van der Waals surface area contributed by atoms with Crippen molar-refractivity contribution in [3.05, 3.63) is 72.6 Å². The van der Waals surface area contributed by atoms with E-state index in [-0.39, 0.29) is 0 Å². The summed E-state index contributed by atoms with van der Waals surface area (Å²) in [4.78, 5) is 8.56. The van der Waals surface area contributed by atoms with Gasteiger partial charge in [0.15, 0.2) is 0 Å². The second-order valence-corrected chi connectivity index (χ2v) is 5.04. The summed E-state index contributed by atoms with van der Waals surface area (Å²) in [7, 11) is 0. The van der Waals surface area contributed by atoms with E-state index in [1.807, 2.05) is 54.6 Å². The quantitative estimate of drug-likeness (QED) is 0.581. The first kappa shape index (κ1) is 14.8. The molecule has 0 bridgehead atoms. The fourth-order valence-electron chi connectivity index (χ4n) is 2.26. The Bertz CT molecular complexity index is 865. The SMILES string of the molecule is C=Cc1ccc(C#CCCNc2ncnc3ccccc23)cc1. The number of nitrogens with zero attached hydrogens (tertiary/aromatic N) is 2. The lowest BCUT2D eigenvalue weighted by Gasteiger charge is -2.05. The van der Waals surface area contributed by atoms with Crippen molar-refractivity contribution >= 4 is 22.8 Å². The van der Waals surface area contributed by atoms with Crippen molar-refractivity contribution in [2.75, 3.05) is 11.9 Å². The summed E-state index contributed by atoms with van der Waals surface area (Å²) in [5.41, 5.74) is 3.06. The van der Waals surface area contributed by atoms with Crippen molar-refractivity contribution in [1.82, 2.24) is 9.97 Å². The number of anilines is 1. The van der Waals surface area contributed by atoms with Crippen molar-refractivity contribution in [2.24, 2.45) is 0 Å². The van der Waals surface area contributed by atoms with Crippen LogP contribution in [0.15, 0.2) is 61.4 Å². The summed E-state index contributed by atoms with van der Waals surface area (Å²) in [6.45, 7) is 4.49. The van der Waals surface area contributed by atoms with Gasteiger partial charge in [-0.15, -0.1) is 0 Å². The van der Waals surface area contributed by atoms with Crippen LogP contribution >= 0.6 is 0 Å². The van der Waals surface area contributed by atoms with E-state index in [0.717, 1.165) is 40.8 Å². The Labute approximate surface area is 136 Å². The van der Waals surface area contributed by atoms with Gasteiger partial charge in [0.25, 0.3) is 0 Å². The zero-order chi connectivity index (χ0) is 15.9. The van der Waals surface area contributed by atoms with Gasteiger partial charge in [-0.25, -0.2) is 9.97 Å². The zero-order valence-corrected chi connectivity index (χ0v) is 12.8. The van der Waals surface area contributed by atoms with Gasteiger partial charge < -0.3 is 5.32 Å². The Morgan fingerprint density at radius 1 is 1.04 bits per heavy atom. The molecule has 0 fully saturated rings. The molecule has 0 saturated heterocycles. The number of nitrogens with one attached hydrogen (secondary N) is 1. The molecule has 1 N–H and O–H groups in total. The molecule has 0 spiro atoms. The van der Waals surface area contributed by atoms with Crippen molar-refractivity contribution in [2.45, 2.75) is 6.42 Å². The fraction of sp³-hybridized carbons (Fsp3) is 0.100. The van der Waals surface area contributed by atoms with Gasteiger partial charge in [-0.1, -0.05) is 48.8 Å². The highest BCUT2D eigenvalue weighted by molar-refractivity contribution is 5.88. The van der Waals surface area contributed by atoms with Gasteiger partial charge in [0.1, 0.15) is 12.1 Å². The Balaban J connectivity index is 1.59. The molecule has 3 heteroatoms. The third-order valence-corrected chi connectivity index (χ3v) is 3.46. The number of hydrogen-bond donors (Lipinski definition) is 1. The summed E-state index contributed by atoms with van der Waals surface area (Å²) in [5, 5.41) is 4.36. The molecule has 0 aliphatic heterocycles. The molecule has 112 valence electrons. The van der Waals surface area contributed by atoms with Crippen LogP contribution < -0.4 is 5.32 Å². The number of para-hydroxylation sites is 1. The highest BCUT2D eigenvalue weighted by atomic mass is 15.0. The Morgan fingerprint density at radius 2 is 1.87 bits per heavy atom. The third kappa shape index (κ3) is 3.75. The average molecular weight is 299 g/mol. The summed E-state index contributed by atoms with van der Waals surface area (Å²) in [6, 6.07) is 16.0. The minimum atomic E-state index is 0.749. The van der Waals surface area contributed by atoms with Crippen molar-refractivity contribution in [3.8, 4) is 11.8 Å². The number of rotatable bonds is 4. The molecule has 0 aliphatic rings. The smallest absolute Gasteiger partial charge is 0.137 e. The van der Waals surface area contributed by atoms with E-state index in [2.05, 4.69) is 33.7 Å². The first-order valence-corrected chi connectivity index (χ1v) is 7.52. The number of benzene rings is 2. The van der Waals surface area contributed by atoms with Crippen LogP contribution in [0.4, 0.5) is 5.82 Å². The second-order valence-electron chi connectivity index (χ2n) is 5.04. The van der Waals surface area contributed by atoms with Crippen LogP contribution in [0.1, 0.15) is 17.5 Å². The summed E-state index contributed by atoms with van der Waals surface area (Å²) < 4.78 is 0. The average Bonchev–Trinajstić information content (AvgIpc) is 2.62. The van der Waals surface area contributed by atoms with Crippen molar-refractivity contribution < 1.29 is 0 Å². The lowest BCUT2D eigenvalue weighted by atomic mass is 10.1. The molecule has 0 amide bonds. The van der Waals surface area contributed by atoms with Gasteiger partial charge in [0.2, 0.25) is 0 Å². The van der Waals surface area contributed by atoms with Gasteiger partial charge in [0, 0.05) is 23.9 Å². The minimum Gasteiger partial charge on any atom is -0.368 e. The van der Waals surface area contributed by atoms with E-state index >= 15 is 0 Å². The van der Waals surface area contributed by atoms with Crippen molar-refractivity contribution in [3.63, 3.8) is 0 Å². The second kappa shape index (κ2) is 7.24. The summed E-state index contributed by atoms with van der Waals surface area (Å²) in [6.07, 6.45) is 4.16. The van der Waals surface area contributed by atoms with Crippen LogP contribution in [0.3, 0.4) is 0 Å². The van der Waals surface area contributed by atoms with E-state index < -0.39 is 0 Å². The Hall–Kier alpha value is -3.12. The molecule has 0 atom stereocenters. The molecular weight excluding hydrogens is 282 g/mol. The zero-order valence-electron chi connectivity index (χ0n) is 12.8. The van der Waals surface area contributed by atoms with E-state index in [1.54, 1.807) is 6.33 Å². The number of aromatic nitrogens is 2. The predicted molar refractivity (Wildman–Crippen MR) is 96.1 cm³/mol. The van der Waals surface area contributed by atoms with Crippen LogP contribution in [0.25, 0.3) is 17.0 Å². The van der Waals surface area contributed by atoms with E-state index in [4.69, 9.17) is 0 Å². The number of hydrogen-bond acceptors (Lipinski definition) is 3. The molecule has 23 heavy (non-hydrogen) atoms. The summed E-state index contributed by atoms with van der Waals surface area (Å²) in [5.74, 6) is 7.19. The van der Waals surface area contributed by atoms with Crippen LogP contribution in [0.5, 0.6) is 0 Å². The monoisotopic (exact) mass is 299 g/mol. The molecule has 0 unspecified atom stereocenters. The van der Waals surface area contributed by atoms with E-state index in [9.17, 15) is 0 Å². The van der Waals surface area contributed by atoms with Crippen LogP contribution in [-0.2, 0) is 0 Å². The molecular formula is C20H17N3. The normalized spacial score (nSPS) is 9.91. The minimum absolute atomic E-state index is 0.749. The molecule has 1 aromatic heterocycles. The van der Waals surface area contributed by atoms with Crippen LogP contribution in [0.2, 0.25) is 0 Å². The number of fused-ring (bicyclic) bond motifs is 1. The lowest BCUT2D eigenvalue weighted by Crippen LogP contribution is -2.03. The predicted octanol–water partition coefficient (Wildman–Crippen LogP) is 4.13.